The largest absolute Gasteiger partial charge is 0.439 e. The summed E-state index contributed by atoms with van der Waals surface area (Å²) in [4.78, 5) is 29.6. The van der Waals surface area contributed by atoms with Crippen molar-refractivity contribution in [1.82, 2.24) is 10.3 Å². The molecule has 1 fully saturated rings. The number of hydrogen-bond acceptors (Lipinski definition) is 5. The third-order valence-electron chi connectivity index (χ3n) is 4.67. The number of urea groups is 1. The lowest BCUT2D eigenvalue weighted by Crippen LogP contribution is -2.31. The molecule has 2 aliphatic heterocycles. The summed E-state index contributed by atoms with van der Waals surface area (Å²) in [6.45, 7) is 4.41. The van der Waals surface area contributed by atoms with Gasteiger partial charge < -0.3 is 14.8 Å². The fourth-order valence-corrected chi connectivity index (χ4v) is 3.29. The van der Waals surface area contributed by atoms with Gasteiger partial charge in [-0.1, -0.05) is 19.1 Å². The van der Waals surface area contributed by atoms with Gasteiger partial charge >= 0.3 is 6.03 Å². The fourth-order valence-electron chi connectivity index (χ4n) is 3.29. The molecule has 134 valence electrons. The van der Waals surface area contributed by atoms with Crippen molar-refractivity contribution in [2.24, 2.45) is 0 Å². The van der Waals surface area contributed by atoms with Crippen molar-refractivity contribution in [2.45, 2.75) is 39.0 Å². The number of nitrogens with one attached hydrogen (secondary N) is 1. The van der Waals surface area contributed by atoms with E-state index < -0.39 is 12.1 Å². The Morgan fingerprint density at radius 2 is 2.15 bits per heavy atom. The highest BCUT2D eigenvalue weighted by atomic mass is 16.5. The number of nitrogens with zero attached hydrogens (tertiary/aromatic N) is 2. The van der Waals surface area contributed by atoms with E-state index in [9.17, 15) is 9.59 Å². The summed E-state index contributed by atoms with van der Waals surface area (Å²) in [6, 6.07) is 8.21. The number of anilines is 1. The predicted octanol–water partition coefficient (Wildman–Crippen LogP) is 3.30. The second kappa shape index (κ2) is 6.42. The van der Waals surface area contributed by atoms with E-state index in [0.29, 0.717) is 30.3 Å². The first-order valence-electron chi connectivity index (χ1n) is 8.60. The average molecular weight is 353 g/mol. The minimum atomic E-state index is -0.480. The first-order chi connectivity index (χ1) is 12.6. The van der Waals surface area contributed by atoms with Crippen LogP contribution in [0.15, 0.2) is 36.5 Å². The predicted molar refractivity (Wildman–Crippen MR) is 94.1 cm³/mol. The molecule has 2 atom stereocenters. The zero-order valence-electron chi connectivity index (χ0n) is 14.6. The zero-order valence-corrected chi connectivity index (χ0v) is 14.6. The molecule has 7 nitrogen and oxygen atoms in total. The van der Waals surface area contributed by atoms with Crippen molar-refractivity contribution in [3.8, 4) is 11.6 Å². The van der Waals surface area contributed by atoms with Crippen molar-refractivity contribution < 1.29 is 19.1 Å². The van der Waals surface area contributed by atoms with Crippen LogP contribution in [0.5, 0.6) is 11.6 Å². The second-order valence-electron chi connectivity index (χ2n) is 6.32. The van der Waals surface area contributed by atoms with Gasteiger partial charge in [0.05, 0.1) is 24.6 Å². The van der Waals surface area contributed by atoms with Crippen LogP contribution in [0.1, 0.15) is 37.5 Å². The molecule has 0 aliphatic carbocycles. The van der Waals surface area contributed by atoms with E-state index in [4.69, 9.17) is 9.47 Å². The van der Waals surface area contributed by atoms with Crippen LogP contribution in [0.4, 0.5) is 10.5 Å². The van der Waals surface area contributed by atoms with Gasteiger partial charge in [0.1, 0.15) is 11.8 Å². The maximum Gasteiger partial charge on any atom is 0.329 e. The Labute approximate surface area is 150 Å². The molecule has 1 aromatic heterocycles. The van der Waals surface area contributed by atoms with Crippen molar-refractivity contribution in [1.29, 1.82) is 0 Å². The third kappa shape index (κ3) is 2.70. The SMILES string of the molecule is CC[C@H]1NC(=O)N(c2ccc(Oc3cccc4c3[C@@H](C)OC4)nc2)C1=O. The average Bonchev–Trinajstić information content (AvgIpc) is 3.16. The number of pyridine rings is 1. The molecule has 0 unspecified atom stereocenters. The molecule has 1 aromatic carbocycles. The van der Waals surface area contributed by atoms with Crippen LogP contribution in [0.3, 0.4) is 0 Å². The van der Waals surface area contributed by atoms with Crippen LogP contribution in [0.2, 0.25) is 0 Å². The molecule has 1 N–H and O–H groups in total. The van der Waals surface area contributed by atoms with Crippen molar-refractivity contribution in [3.63, 3.8) is 0 Å². The standard InChI is InChI=1S/C19H19N3O4/c1-3-14-18(23)22(19(24)21-14)13-7-8-16(20-9-13)26-15-6-4-5-12-10-25-11(2)17(12)15/h4-9,11,14H,3,10H2,1-2H3,(H,21,24)/t11-,14-/m1/s1. The van der Waals surface area contributed by atoms with Gasteiger partial charge in [0.25, 0.3) is 5.91 Å². The van der Waals surface area contributed by atoms with Crippen LogP contribution in [-0.4, -0.2) is 23.0 Å². The van der Waals surface area contributed by atoms with Crippen molar-refractivity contribution in [3.05, 3.63) is 47.7 Å². The number of carbonyl (C=O) groups excluding carboxylic acids is 2. The van der Waals surface area contributed by atoms with Gasteiger partial charge in [-0.25, -0.2) is 14.7 Å². The normalized spacial score (nSPS) is 21.7. The number of rotatable bonds is 4. The van der Waals surface area contributed by atoms with E-state index in [1.807, 2.05) is 32.0 Å². The quantitative estimate of drug-likeness (QED) is 0.853. The minimum Gasteiger partial charge on any atom is -0.439 e. The van der Waals surface area contributed by atoms with Crippen LogP contribution >= 0.6 is 0 Å². The number of amides is 3. The summed E-state index contributed by atoms with van der Waals surface area (Å²) in [5.41, 5.74) is 2.56. The van der Waals surface area contributed by atoms with Crippen molar-refractivity contribution >= 4 is 17.6 Å². The van der Waals surface area contributed by atoms with E-state index in [-0.39, 0.29) is 12.0 Å². The molecular weight excluding hydrogens is 334 g/mol. The van der Waals surface area contributed by atoms with Gasteiger partial charge in [0.2, 0.25) is 5.88 Å². The Bertz CT molecular complexity index is 866. The Morgan fingerprint density at radius 1 is 1.31 bits per heavy atom. The third-order valence-corrected chi connectivity index (χ3v) is 4.67. The van der Waals surface area contributed by atoms with E-state index in [1.54, 1.807) is 12.1 Å². The number of hydrogen-bond donors (Lipinski definition) is 1. The Kier molecular flexibility index (Phi) is 4.08. The number of benzene rings is 1. The highest BCUT2D eigenvalue weighted by Gasteiger charge is 2.38. The van der Waals surface area contributed by atoms with Crippen LogP contribution in [0, 0.1) is 0 Å². The number of ether oxygens (including phenoxy) is 2. The van der Waals surface area contributed by atoms with Crippen molar-refractivity contribution in [2.75, 3.05) is 4.90 Å². The summed E-state index contributed by atoms with van der Waals surface area (Å²) < 4.78 is 11.6. The summed E-state index contributed by atoms with van der Waals surface area (Å²) in [5.74, 6) is 0.828. The van der Waals surface area contributed by atoms with Crippen LogP contribution in [0.25, 0.3) is 0 Å². The summed E-state index contributed by atoms with van der Waals surface area (Å²) in [7, 11) is 0. The fraction of sp³-hybridized carbons (Fsp3) is 0.316. The monoisotopic (exact) mass is 353 g/mol. The van der Waals surface area contributed by atoms with Crippen LogP contribution < -0.4 is 15.0 Å². The smallest absolute Gasteiger partial charge is 0.329 e. The number of aromatic nitrogens is 1. The van der Waals surface area contributed by atoms with E-state index in [1.165, 1.54) is 6.20 Å². The molecule has 26 heavy (non-hydrogen) atoms. The maximum atomic E-state index is 12.3. The molecule has 3 heterocycles. The molecular formula is C19H19N3O4. The Balaban J connectivity index is 1.56. The van der Waals surface area contributed by atoms with Gasteiger partial charge in [0, 0.05) is 11.6 Å². The van der Waals surface area contributed by atoms with Gasteiger partial charge in [-0.15, -0.1) is 0 Å². The van der Waals surface area contributed by atoms with E-state index in [2.05, 4.69) is 10.3 Å². The minimum absolute atomic E-state index is 0.0302. The summed E-state index contributed by atoms with van der Waals surface area (Å²) >= 11 is 0. The Morgan fingerprint density at radius 3 is 2.85 bits per heavy atom. The molecule has 0 radical (unpaired) electrons. The molecule has 4 rings (SSSR count). The molecule has 2 aliphatic rings. The molecule has 2 aromatic rings. The summed E-state index contributed by atoms with van der Waals surface area (Å²) in [6.07, 6.45) is 1.99. The van der Waals surface area contributed by atoms with Gasteiger partial charge in [0.15, 0.2) is 0 Å². The second-order valence-corrected chi connectivity index (χ2v) is 6.32. The first kappa shape index (κ1) is 16.5. The van der Waals surface area contributed by atoms with Crippen LogP contribution in [-0.2, 0) is 16.1 Å². The van der Waals surface area contributed by atoms with Gasteiger partial charge in [-0.05, 0) is 31.0 Å². The zero-order chi connectivity index (χ0) is 18.3. The topological polar surface area (TPSA) is 80.8 Å². The molecule has 0 spiro atoms. The number of carbonyl (C=O) groups is 2. The van der Waals surface area contributed by atoms with Gasteiger partial charge in [-0.3, -0.25) is 4.79 Å². The summed E-state index contributed by atoms with van der Waals surface area (Å²) in [5, 5.41) is 2.65. The van der Waals surface area contributed by atoms with E-state index in [0.717, 1.165) is 16.0 Å². The molecule has 7 heteroatoms. The number of imide groups is 1. The lowest BCUT2D eigenvalue weighted by Gasteiger charge is -2.14. The lowest BCUT2D eigenvalue weighted by molar-refractivity contribution is -0.118. The Hall–Kier alpha value is -2.93. The lowest BCUT2D eigenvalue weighted by atomic mass is 10.1. The molecule has 0 bridgehead atoms. The van der Waals surface area contributed by atoms with Gasteiger partial charge in [-0.2, -0.15) is 0 Å². The highest BCUT2D eigenvalue weighted by molar-refractivity contribution is 6.21. The number of fused-ring (bicyclic) bond motifs is 1. The molecule has 0 saturated carbocycles. The maximum absolute atomic E-state index is 12.3. The van der Waals surface area contributed by atoms with E-state index >= 15 is 0 Å². The molecule has 1 saturated heterocycles. The highest BCUT2D eigenvalue weighted by Crippen LogP contribution is 2.38. The first-order valence-corrected chi connectivity index (χ1v) is 8.60. The molecule has 3 amide bonds.